The first-order chi connectivity index (χ1) is 7.49. The second kappa shape index (κ2) is 4.36. The predicted octanol–water partition coefficient (Wildman–Crippen LogP) is 3.80. The van der Waals surface area contributed by atoms with Gasteiger partial charge in [0.2, 0.25) is 0 Å². The van der Waals surface area contributed by atoms with Crippen molar-refractivity contribution in [2.24, 2.45) is 5.41 Å². The summed E-state index contributed by atoms with van der Waals surface area (Å²) in [4.78, 5) is 0. The largest absolute Gasteiger partial charge is 0.348 e. The van der Waals surface area contributed by atoms with Gasteiger partial charge in [0.25, 0.3) is 0 Å². The van der Waals surface area contributed by atoms with Crippen LogP contribution in [0.15, 0.2) is 24.3 Å². The number of hydrogen-bond donors (Lipinski definition) is 0. The third-order valence-corrected chi connectivity index (χ3v) is 3.43. The minimum absolute atomic E-state index is 0.0723. The van der Waals surface area contributed by atoms with Crippen molar-refractivity contribution in [1.82, 2.24) is 0 Å². The normalized spacial score (nSPS) is 29.0. The maximum Gasteiger partial charge on any atom is 0.184 e. The standard InChI is InChI=1S/C13H17ClO2/c1-9-13(2,3)8-15-12(16-9)10-4-6-11(14)7-5-10/h4-7,9,12H,8H2,1-3H3/t9-,12+/m1/s1. The van der Waals surface area contributed by atoms with Crippen molar-refractivity contribution in [3.63, 3.8) is 0 Å². The Labute approximate surface area is 102 Å². The molecule has 0 spiro atoms. The fourth-order valence-electron chi connectivity index (χ4n) is 1.61. The average molecular weight is 241 g/mol. The van der Waals surface area contributed by atoms with Crippen LogP contribution in [0.5, 0.6) is 0 Å². The lowest BCUT2D eigenvalue weighted by atomic mass is 9.87. The SMILES string of the molecule is C[C@H]1O[C@@H](c2ccc(Cl)cc2)OCC1(C)C. The Morgan fingerprint density at radius 1 is 1.25 bits per heavy atom. The van der Waals surface area contributed by atoms with E-state index in [-0.39, 0.29) is 17.8 Å². The molecule has 0 aromatic heterocycles. The van der Waals surface area contributed by atoms with Crippen molar-refractivity contribution >= 4 is 11.6 Å². The molecule has 2 atom stereocenters. The van der Waals surface area contributed by atoms with Crippen LogP contribution in [-0.4, -0.2) is 12.7 Å². The summed E-state index contributed by atoms with van der Waals surface area (Å²) >= 11 is 5.84. The van der Waals surface area contributed by atoms with Gasteiger partial charge in [-0.3, -0.25) is 0 Å². The van der Waals surface area contributed by atoms with Crippen LogP contribution in [0.2, 0.25) is 5.02 Å². The van der Waals surface area contributed by atoms with E-state index in [4.69, 9.17) is 21.1 Å². The molecule has 88 valence electrons. The van der Waals surface area contributed by atoms with Crippen LogP contribution in [0.25, 0.3) is 0 Å². The lowest BCUT2D eigenvalue weighted by Gasteiger charge is -2.40. The molecule has 1 aliphatic rings. The van der Waals surface area contributed by atoms with Crippen LogP contribution < -0.4 is 0 Å². The molecule has 1 aliphatic heterocycles. The number of ether oxygens (including phenoxy) is 2. The van der Waals surface area contributed by atoms with Crippen LogP contribution in [0.4, 0.5) is 0 Å². The second-order valence-corrected chi connectivity index (χ2v) is 5.40. The van der Waals surface area contributed by atoms with Crippen molar-refractivity contribution in [3.05, 3.63) is 34.9 Å². The van der Waals surface area contributed by atoms with E-state index in [1.807, 2.05) is 24.3 Å². The molecule has 0 amide bonds. The smallest absolute Gasteiger partial charge is 0.184 e. The minimum Gasteiger partial charge on any atom is -0.348 e. The average Bonchev–Trinajstić information content (AvgIpc) is 2.24. The van der Waals surface area contributed by atoms with Crippen molar-refractivity contribution in [2.45, 2.75) is 33.2 Å². The summed E-state index contributed by atoms with van der Waals surface area (Å²) in [5.41, 5.74) is 1.09. The lowest BCUT2D eigenvalue weighted by molar-refractivity contribution is -0.259. The first-order valence-electron chi connectivity index (χ1n) is 5.51. The quantitative estimate of drug-likeness (QED) is 0.743. The van der Waals surface area contributed by atoms with Crippen LogP contribution in [-0.2, 0) is 9.47 Å². The highest BCUT2D eigenvalue weighted by atomic mass is 35.5. The molecule has 0 bridgehead atoms. The number of hydrogen-bond acceptors (Lipinski definition) is 2. The van der Waals surface area contributed by atoms with E-state index < -0.39 is 0 Å². The summed E-state index contributed by atoms with van der Waals surface area (Å²) in [6.45, 7) is 7.10. The van der Waals surface area contributed by atoms with E-state index in [0.29, 0.717) is 6.61 Å². The molecule has 1 fully saturated rings. The molecule has 0 unspecified atom stereocenters. The van der Waals surface area contributed by atoms with Crippen molar-refractivity contribution in [2.75, 3.05) is 6.61 Å². The highest BCUT2D eigenvalue weighted by molar-refractivity contribution is 6.30. The third-order valence-electron chi connectivity index (χ3n) is 3.18. The van der Waals surface area contributed by atoms with Gasteiger partial charge in [0, 0.05) is 16.0 Å². The van der Waals surface area contributed by atoms with Crippen LogP contribution in [0.3, 0.4) is 0 Å². The Morgan fingerprint density at radius 2 is 1.88 bits per heavy atom. The van der Waals surface area contributed by atoms with Gasteiger partial charge in [-0.25, -0.2) is 0 Å². The Kier molecular flexibility index (Phi) is 3.24. The van der Waals surface area contributed by atoms with Gasteiger partial charge < -0.3 is 9.47 Å². The maximum atomic E-state index is 5.86. The zero-order valence-corrected chi connectivity index (χ0v) is 10.6. The predicted molar refractivity (Wildman–Crippen MR) is 64.5 cm³/mol. The van der Waals surface area contributed by atoms with Crippen molar-refractivity contribution in [3.8, 4) is 0 Å². The van der Waals surface area contributed by atoms with E-state index in [1.165, 1.54) is 0 Å². The Bertz CT molecular complexity index is 359. The Hall–Kier alpha value is -0.570. The molecule has 2 rings (SSSR count). The van der Waals surface area contributed by atoms with Crippen molar-refractivity contribution < 1.29 is 9.47 Å². The topological polar surface area (TPSA) is 18.5 Å². The molecule has 1 aromatic rings. The highest BCUT2D eigenvalue weighted by Gasteiger charge is 2.35. The Balaban J connectivity index is 2.10. The zero-order valence-electron chi connectivity index (χ0n) is 9.87. The van der Waals surface area contributed by atoms with Gasteiger partial charge >= 0.3 is 0 Å². The van der Waals surface area contributed by atoms with Gasteiger partial charge in [-0.2, -0.15) is 0 Å². The first kappa shape index (κ1) is 11.9. The zero-order chi connectivity index (χ0) is 11.8. The molecular formula is C13H17ClO2. The summed E-state index contributed by atoms with van der Waals surface area (Å²) < 4.78 is 11.6. The first-order valence-corrected chi connectivity index (χ1v) is 5.89. The van der Waals surface area contributed by atoms with Gasteiger partial charge in [-0.1, -0.05) is 37.6 Å². The monoisotopic (exact) mass is 240 g/mol. The van der Waals surface area contributed by atoms with Gasteiger partial charge in [0.15, 0.2) is 6.29 Å². The number of halogens is 1. The summed E-state index contributed by atoms with van der Waals surface area (Å²) in [6.07, 6.45) is -0.0813. The van der Waals surface area contributed by atoms with Crippen LogP contribution >= 0.6 is 11.6 Å². The molecule has 0 saturated carbocycles. The number of rotatable bonds is 1. The van der Waals surface area contributed by atoms with Crippen molar-refractivity contribution in [1.29, 1.82) is 0 Å². The van der Waals surface area contributed by atoms with E-state index in [0.717, 1.165) is 10.6 Å². The lowest BCUT2D eigenvalue weighted by Crippen LogP contribution is -2.40. The summed E-state index contributed by atoms with van der Waals surface area (Å²) in [7, 11) is 0. The molecule has 0 radical (unpaired) electrons. The van der Waals surface area contributed by atoms with E-state index >= 15 is 0 Å². The van der Waals surface area contributed by atoms with E-state index in [1.54, 1.807) is 0 Å². The molecule has 3 heteroatoms. The third kappa shape index (κ3) is 2.40. The van der Waals surface area contributed by atoms with E-state index in [2.05, 4.69) is 20.8 Å². The molecule has 2 nitrogen and oxygen atoms in total. The minimum atomic E-state index is -0.264. The maximum absolute atomic E-state index is 5.86. The Morgan fingerprint density at radius 3 is 2.44 bits per heavy atom. The second-order valence-electron chi connectivity index (χ2n) is 4.96. The van der Waals surface area contributed by atoms with Gasteiger partial charge in [0.05, 0.1) is 12.7 Å². The molecule has 1 heterocycles. The number of benzene rings is 1. The van der Waals surface area contributed by atoms with Gasteiger partial charge in [0.1, 0.15) is 0 Å². The molecule has 1 saturated heterocycles. The molecule has 0 aliphatic carbocycles. The van der Waals surface area contributed by atoms with Crippen LogP contribution in [0.1, 0.15) is 32.6 Å². The molecular weight excluding hydrogens is 224 g/mol. The van der Waals surface area contributed by atoms with Gasteiger partial charge in [-0.05, 0) is 19.1 Å². The molecule has 0 N–H and O–H groups in total. The summed E-state index contributed by atoms with van der Waals surface area (Å²) in [5.74, 6) is 0. The summed E-state index contributed by atoms with van der Waals surface area (Å²) in [6, 6.07) is 7.60. The molecule has 1 aromatic carbocycles. The van der Waals surface area contributed by atoms with Gasteiger partial charge in [-0.15, -0.1) is 0 Å². The van der Waals surface area contributed by atoms with Crippen LogP contribution in [0, 0.1) is 5.41 Å². The molecule has 16 heavy (non-hydrogen) atoms. The fraction of sp³-hybridized carbons (Fsp3) is 0.538. The highest BCUT2D eigenvalue weighted by Crippen LogP contribution is 2.36. The fourth-order valence-corrected chi connectivity index (χ4v) is 1.74. The summed E-state index contributed by atoms with van der Waals surface area (Å²) in [5, 5.41) is 0.730. The van der Waals surface area contributed by atoms with E-state index in [9.17, 15) is 0 Å².